The maximum absolute atomic E-state index is 11.7. The van der Waals surface area contributed by atoms with E-state index in [-0.39, 0.29) is 17.2 Å². The van der Waals surface area contributed by atoms with E-state index in [9.17, 15) is 14.6 Å². The second-order valence-electron chi connectivity index (χ2n) is 7.30. The Labute approximate surface area is 158 Å². The number of anilines is 1. The number of aromatic nitrogens is 4. The predicted molar refractivity (Wildman–Crippen MR) is 95.9 cm³/mol. The maximum atomic E-state index is 11.7. The number of fused-ring (bicyclic) bond motifs is 2. The fourth-order valence-electron chi connectivity index (χ4n) is 3.03. The van der Waals surface area contributed by atoms with Crippen LogP contribution in [0.25, 0.3) is 11.2 Å². The fraction of sp³-hybridized carbons (Fsp3) is 0.643. The molecule has 4 N–H and O–H groups in total. The number of rotatable bonds is 2. The van der Waals surface area contributed by atoms with Crippen LogP contribution >= 0.6 is 19.6 Å². The molecule has 0 saturated carbocycles. The number of nitrogens with zero attached hydrogens (tertiary/aromatic N) is 4. The first-order valence-electron chi connectivity index (χ1n) is 8.22. The highest BCUT2D eigenvalue weighted by Crippen LogP contribution is 2.53. The van der Waals surface area contributed by atoms with Crippen molar-refractivity contribution in [3.8, 4) is 0 Å². The monoisotopic (exact) mass is 417 g/mol. The molecule has 4 rings (SSSR count). The predicted octanol–water partition coefficient (Wildman–Crippen LogP) is 1.07. The first kappa shape index (κ1) is 19.1. The molecule has 5 atom stereocenters. The average molecular weight is 417 g/mol. The van der Waals surface area contributed by atoms with Gasteiger partial charge in [-0.2, -0.15) is 0 Å². The molecule has 0 aliphatic carbocycles. The van der Waals surface area contributed by atoms with E-state index in [0.29, 0.717) is 16.3 Å². The first-order chi connectivity index (χ1) is 12.6. The molecule has 0 radical (unpaired) electrons. The summed E-state index contributed by atoms with van der Waals surface area (Å²) in [5, 5.41) is 11.3. The van der Waals surface area contributed by atoms with Gasteiger partial charge >= 0.3 is 7.82 Å². The Kier molecular flexibility index (Phi) is 4.50. The van der Waals surface area contributed by atoms with Crippen molar-refractivity contribution in [1.29, 1.82) is 0 Å². The van der Waals surface area contributed by atoms with Crippen LogP contribution in [0.5, 0.6) is 0 Å². The van der Waals surface area contributed by atoms with Crippen LogP contribution in [-0.2, 0) is 18.3 Å². The van der Waals surface area contributed by atoms with Gasteiger partial charge in [0, 0.05) is 4.75 Å². The minimum absolute atomic E-state index is 0.169. The highest BCUT2D eigenvalue weighted by Gasteiger charge is 2.53. The summed E-state index contributed by atoms with van der Waals surface area (Å²) in [6.07, 6.45) is -2.58. The van der Waals surface area contributed by atoms with Crippen molar-refractivity contribution in [2.75, 3.05) is 12.3 Å². The summed E-state index contributed by atoms with van der Waals surface area (Å²) >= 11 is 1.44. The summed E-state index contributed by atoms with van der Waals surface area (Å²) in [7, 11) is -4.21. The number of ether oxygens (including phenoxy) is 1. The van der Waals surface area contributed by atoms with Gasteiger partial charge in [0.15, 0.2) is 28.4 Å². The zero-order valence-electron chi connectivity index (χ0n) is 14.8. The molecule has 2 saturated heterocycles. The van der Waals surface area contributed by atoms with E-state index in [1.54, 1.807) is 4.57 Å². The number of hydrogen-bond acceptors (Lipinski definition) is 10. The maximum Gasteiger partial charge on any atom is 0.472 e. The van der Waals surface area contributed by atoms with Gasteiger partial charge in [-0.15, -0.1) is 0 Å². The Morgan fingerprint density at radius 2 is 2.15 bits per heavy atom. The molecule has 13 heteroatoms. The van der Waals surface area contributed by atoms with E-state index in [1.807, 2.05) is 20.8 Å². The molecule has 2 aromatic heterocycles. The molecule has 2 aliphatic rings. The van der Waals surface area contributed by atoms with E-state index in [4.69, 9.17) is 19.5 Å². The van der Waals surface area contributed by atoms with E-state index >= 15 is 0 Å². The second-order valence-corrected chi connectivity index (χ2v) is 10.5. The number of aliphatic hydroxyl groups excluding tert-OH is 1. The summed E-state index contributed by atoms with van der Waals surface area (Å²) < 4.78 is 28.9. The van der Waals surface area contributed by atoms with E-state index in [2.05, 4.69) is 15.0 Å². The SMILES string of the molecule is CC(C)(C)Sc1nc2c(N)ncnc2n1[C@@H]1O[C@@H]2COP(=O)(O)O[C@H]2[C@H]1O. The van der Waals surface area contributed by atoms with Crippen LogP contribution in [-0.4, -0.2) is 59.2 Å². The fourth-order valence-corrected chi connectivity index (χ4v) is 4.97. The number of hydrogen-bond donors (Lipinski definition) is 3. The van der Waals surface area contributed by atoms with Gasteiger partial charge in [0.2, 0.25) is 0 Å². The number of thioether (sulfide) groups is 1. The van der Waals surface area contributed by atoms with Gasteiger partial charge in [-0.05, 0) is 0 Å². The largest absolute Gasteiger partial charge is 0.472 e. The van der Waals surface area contributed by atoms with Crippen molar-refractivity contribution < 1.29 is 28.3 Å². The second kappa shape index (κ2) is 6.38. The van der Waals surface area contributed by atoms with Crippen molar-refractivity contribution >= 4 is 36.6 Å². The van der Waals surface area contributed by atoms with E-state index < -0.39 is 32.4 Å². The molecule has 2 fully saturated rings. The third-order valence-electron chi connectivity index (χ3n) is 4.09. The zero-order valence-corrected chi connectivity index (χ0v) is 16.6. The number of phosphoric acid groups is 1. The lowest BCUT2D eigenvalue weighted by Crippen LogP contribution is -2.39. The Balaban J connectivity index is 1.80. The quantitative estimate of drug-likeness (QED) is 0.475. The summed E-state index contributed by atoms with van der Waals surface area (Å²) in [5.74, 6) is 0.207. The summed E-state index contributed by atoms with van der Waals surface area (Å²) in [4.78, 5) is 22.3. The van der Waals surface area contributed by atoms with Gasteiger partial charge in [-0.25, -0.2) is 19.5 Å². The molecule has 27 heavy (non-hydrogen) atoms. The molecule has 2 aliphatic heterocycles. The number of imidazole rings is 1. The summed E-state index contributed by atoms with van der Waals surface area (Å²) in [5.41, 5.74) is 6.72. The molecule has 0 aromatic carbocycles. The minimum atomic E-state index is -4.21. The van der Waals surface area contributed by atoms with Crippen LogP contribution in [0, 0.1) is 0 Å². The van der Waals surface area contributed by atoms with Crippen LogP contribution in [0.2, 0.25) is 0 Å². The van der Waals surface area contributed by atoms with Crippen LogP contribution < -0.4 is 5.73 Å². The third kappa shape index (κ3) is 3.46. The van der Waals surface area contributed by atoms with Crippen molar-refractivity contribution in [1.82, 2.24) is 19.5 Å². The minimum Gasteiger partial charge on any atom is -0.386 e. The lowest BCUT2D eigenvalue weighted by molar-refractivity contribution is -0.0684. The molecular weight excluding hydrogens is 397 g/mol. The Bertz CT molecular complexity index is 933. The van der Waals surface area contributed by atoms with E-state index in [1.165, 1.54) is 18.1 Å². The molecule has 4 heterocycles. The highest BCUT2D eigenvalue weighted by atomic mass is 32.2. The Morgan fingerprint density at radius 3 is 2.85 bits per heavy atom. The molecule has 148 valence electrons. The van der Waals surface area contributed by atoms with Crippen molar-refractivity contribution in [3.63, 3.8) is 0 Å². The number of nitrogens with two attached hydrogens (primary N) is 1. The van der Waals surface area contributed by atoms with Gasteiger partial charge in [0.25, 0.3) is 0 Å². The molecule has 1 unspecified atom stereocenters. The molecule has 0 bridgehead atoms. The highest BCUT2D eigenvalue weighted by molar-refractivity contribution is 8.00. The molecule has 2 aromatic rings. The Morgan fingerprint density at radius 1 is 1.41 bits per heavy atom. The molecule has 11 nitrogen and oxygen atoms in total. The normalized spacial score (nSPS) is 34.1. The van der Waals surface area contributed by atoms with Crippen LogP contribution in [0.15, 0.2) is 11.5 Å². The third-order valence-corrected chi connectivity index (χ3v) is 6.16. The summed E-state index contributed by atoms with van der Waals surface area (Å²) in [6.45, 7) is 5.88. The van der Waals surface area contributed by atoms with Gasteiger partial charge in [0.1, 0.15) is 24.6 Å². The van der Waals surface area contributed by atoms with Gasteiger partial charge < -0.3 is 20.5 Å². The zero-order chi connectivity index (χ0) is 19.6. The lowest BCUT2D eigenvalue weighted by atomic mass is 10.1. The molecule has 0 spiro atoms. The number of phosphoric ester groups is 1. The topological polar surface area (TPSA) is 155 Å². The number of aliphatic hydroxyl groups is 1. The van der Waals surface area contributed by atoms with Gasteiger partial charge in [-0.1, -0.05) is 32.5 Å². The van der Waals surface area contributed by atoms with Crippen molar-refractivity contribution in [2.24, 2.45) is 0 Å². The van der Waals surface area contributed by atoms with Crippen molar-refractivity contribution in [2.45, 2.75) is 55.2 Å². The van der Waals surface area contributed by atoms with Gasteiger partial charge in [-0.3, -0.25) is 13.6 Å². The average Bonchev–Trinajstić information content (AvgIpc) is 3.04. The van der Waals surface area contributed by atoms with Crippen molar-refractivity contribution in [3.05, 3.63) is 6.33 Å². The van der Waals surface area contributed by atoms with Crippen LogP contribution in [0.3, 0.4) is 0 Å². The molecular formula is C14H20N5O6PS. The molecule has 0 amide bonds. The van der Waals surface area contributed by atoms with Gasteiger partial charge in [0.05, 0.1) is 6.61 Å². The van der Waals surface area contributed by atoms with Crippen LogP contribution in [0.4, 0.5) is 5.82 Å². The van der Waals surface area contributed by atoms with Crippen LogP contribution in [0.1, 0.15) is 27.0 Å². The standard InChI is InChI=1S/C14H20N5O6PS/c1-14(2,3)27-13-18-7-10(15)16-5-17-11(7)19(13)12-8(20)9-6(24-12)4-23-26(21,22)25-9/h5-6,8-9,12,20H,4H2,1-3H3,(H,21,22)(H2,15,16,17)/t6-,8-,9-,12-/m1/s1. The summed E-state index contributed by atoms with van der Waals surface area (Å²) in [6, 6.07) is 0. The Hall–Kier alpha value is -1.27. The smallest absolute Gasteiger partial charge is 0.386 e. The lowest BCUT2D eigenvalue weighted by Gasteiger charge is -2.27. The first-order valence-corrected chi connectivity index (χ1v) is 10.5. The number of nitrogen functional groups attached to an aromatic ring is 1. The van der Waals surface area contributed by atoms with E-state index in [0.717, 1.165) is 0 Å².